The quantitative estimate of drug-likeness (QED) is 0.332. The molecule has 160 valence electrons. The van der Waals surface area contributed by atoms with E-state index in [0.717, 1.165) is 16.9 Å². The van der Waals surface area contributed by atoms with E-state index in [1.54, 1.807) is 30.8 Å². The maximum absolute atomic E-state index is 12.8. The van der Waals surface area contributed by atoms with Crippen LogP contribution >= 0.6 is 11.3 Å². The molecule has 0 unspecified atom stereocenters. The van der Waals surface area contributed by atoms with Gasteiger partial charge in [-0.15, -0.1) is 11.3 Å². The molecule has 1 aliphatic heterocycles. The molecule has 0 amide bonds. The number of hydrogen-bond acceptors (Lipinski definition) is 8. The summed E-state index contributed by atoms with van der Waals surface area (Å²) in [5, 5.41) is 10.4. The predicted octanol–water partition coefficient (Wildman–Crippen LogP) is 4.17. The summed E-state index contributed by atoms with van der Waals surface area (Å²) in [4.78, 5) is 33.8. The molecule has 4 rings (SSSR count). The van der Waals surface area contributed by atoms with Gasteiger partial charge in [-0.2, -0.15) is 5.26 Å². The Bertz CT molecular complexity index is 1240. The van der Waals surface area contributed by atoms with E-state index in [0.29, 0.717) is 21.4 Å². The van der Waals surface area contributed by atoms with E-state index in [-0.39, 0.29) is 5.57 Å². The van der Waals surface area contributed by atoms with E-state index in [4.69, 9.17) is 4.74 Å². The number of para-hydroxylation sites is 2. The Kier molecular flexibility index (Phi) is 5.75. The van der Waals surface area contributed by atoms with Gasteiger partial charge in [0.2, 0.25) is 5.78 Å². The highest BCUT2D eigenvalue weighted by molar-refractivity contribution is 7.17. The van der Waals surface area contributed by atoms with Crippen molar-refractivity contribution >= 4 is 34.5 Å². The minimum atomic E-state index is -0.630. The van der Waals surface area contributed by atoms with Crippen molar-refractivity contribution in [1.29, 1.82) is 5.26 Å². The van der Waals surface area contributed by atoms with Crippen LogP contribution in [0.5, 0.6) is 0 Å². The minimum absolute atomic E-state index is 0.0648. The van der Waals surface area contributed by atoms with Gasteiger partial charge in [-0.3, -0.25) is 4.79 Å². The van der Waals surface area contributed by atoms with Crippen LogP contribution in [0, 0.1) is 18.3 Å². The van der Waals surface area contributed by atoms with Crippen LogP contribution in [0.25, 0.3) is 10.6 Å². The summed E-state index contributed by atoms with van der Waals surface area (Å²) in [5.74, 6) is -0.739. The van der Waals surface area contributed by atoms with Gasteiger partial charge in [0, 0.05) is 19.7 Å². The molecule has 0 fully saturated rings. The number of carbonyl (C=O) groups is 2. The molecule has 0 spiro atoms. The van der Waals surface area contributed by atoms with Crippen LogP contribution in [0.2, 0.25) is 0 Å². The molecule has 32 heavy (non-hydrogen) atoms. The highest BCUT2D eigenvalue weighted by Gasteiger charge is 2.31. The molecule has 1 aromatic heterocycles. The molecular weight excluding hydrogens is 424 g/mol. The number of nitriles is 1. The Labute approximate surface area is 189 Å². The number of anilines is 2. The summed E-state index contributed by atoms with van der Waals surface area (Å²) in [5.41, 5.74) is 3.15. The predicted molar refractivity (Wildman–Crippen MR) is 123 cm³/mol. The molecule has 0 N–H and O–H groups in total. The van der Waals surface area contributed by atoms with Gasteiger partial charge in [0.05, 0.1) is 17.1 Å². The van der Waals surface area contributed by atoms with Crippen molar-refractivity contribution in [3.8, 4) is 16.6 Å². The van der Waals surface area contributed by atoms with Crippen LogP contribution in [0.1, 0.15) is 15.4 Å². The van der Waals surface area contributed by atoms with Crippen molar-refractivity contribution in [2.45, 2.75) is 6.92 Å². The van der Waals surface area contributed by atoms with E-state index in [9.17, 15) is 14.9 Å². The zero-order chi connectivity index (χ0) is 22.8. The maximum atomic E-state index is 12.8. The lowest BCUT2D eigenvalue weighted by Gasteiger charge is -2.19. The topological polar surface area (TPSA) is 86.5 Å². The van der Waals surface area contributed by atoms with Crippen molar-refractivity contribution in [1.82, 2.24) is 4.98 Å². The lowest BCUT2D eigenvalue weighted by molar-refractivity contribution is -0.118. The van der Waals surface area contributed by atoms with Gasteiger partial charge in [-0.05, 0) is 19.1 Å². The van der Waals surface area contributed by atoms with Crippen LogP contribution in [0.15, 0.2) is 66.0 Å². The zero-order valence-corrected chi connectivity index (χ0v) is 18.6. The van der Waals surface area contributed by atoms with Crippen LogP contribution < -0.4 is 9.80 Å². The van der Waals surface area contributed by atoms with E-state index >= 15 is 0 Å². The van der Waals surface area contributed by atoms with Crippen LogP contribution in [0.3, 0.4) is 0 Å². The molecule has 7 nitrogen and oxygen atoms in total. The number of nitrogens with zero attached hydrogens (tertiary/aromatic N) is 4. The zero-order valence-electron chi connectivity index (χ0n) is 17.8. The lowest BCUT2D eigenvalue weighted by atomic mass is 10.2. The number of hydrogen-bond donors (Lipinski definition) is 0. The normalized spacial score (nSPS) is 12.4. The summed E-state index contributed by atoms with van der Waals surface area (Å²) in [6, 6.07) is 19.1. The number of ether oxygens (including phenoxy) is 1. The Morgan fingerprint density at radius 2 is 1.62 bits per heavy atom. The Morgan fingerprint density at radius 1 is 1.03 bits per heavy atom. The average Bonchev–Trinajstić information content (AvgIpc) is 3.32. The molecule has 0 atom stereocenters. The van der Waals surface area contributed by atoms with Gasteiger partial charge in [-0.25, -0.2) is 9.78 Å². The Hall–Kier alpha value is -3.96. The number of Topliss-reactive ketones (excluding diaryl/α,β-unsaturated/α-hetero) is 1. The summed E-state index contributed by atoms with van der Waals surface area (Å²) >= 11 is 1.21. The Morgan fingerprint density at radius 3 is 2.22 bits per heavy atom. The second-order valence-corrected chi connectivity index (χ2v) is 8.22. The van der Waals surface area contributed by atoms with Gasteiger partial charge in [-0.1, -0.05) is 42.5 Å². The monoisotopic (exact) mass is 444 g/mol. The second-order valence-electron chi connectivity index (χ2n) is 7.22. The number of benzene rings is 2. The standard InChI is InChI=1S/C24H20N4O3S/c1-15-21(32-22(26-15)16-9-5-4-6-10-16)24(30)31-14-20(29)17(13-25)23-27(2)18-11-7-8-12-19(18)28(23)3/h4-12H,14H2,1-3H3. The molecule has 0 saturated carbocycles. The molecule has 1 aliphatic rings. The average molecular weight is 445 g/mol. The van der Waals surface area contributed by atoms with E-state index < -0.39 is 18.4 Å². The van der Waals surface area contributed by atoms with E-state index in [1.165, 1.54) is 11.3 Å². The molecule has 2 aromatic carbocycles. The van der Waals surface area contributed by atoms with Crippen LogP contribution in [-0.4, -0.2) is 37.4 Å². The first-order valence-corrected chi connectivity index (χ1v) is 10.7. The number of carbonyl (C=O) groups excluding carboxylic acids is 2. The van der Waals surface area contributed by atoms with Crippen molar-refractivity contribution in [3.63, 3.8) is 0 Å². The number of ketones is 1. The number of thiazole rings is 1. The first kappa shape index (κ1) is 21.3. The highest BCUT2D eigenvalue weighted by Crippen LogP contribution is 2.40. The van der Waals surface area contributed by atoms with Gasteiger partial charge in [0.25, 0.3) is 0 Å². The highest BCUT2D eigenvalue weighted by atomic mass is 32.1. The molecular formula is C24H20N4O3S. The number of aromatic nitrogens is 1. The van der Waals surface area contributed by atoms with E-state index in [2.05, 4.69) is 4.98 Å². The third kappa shape index (κ3) is 3.74. The fraction of sp³-hybridized carbons (Fsp3) is 0.167. The van der Waals surface area contributed by atoms with Gasteiger partial charge >= 0.3 is 5.97 Å². The van der Waals surface area contributed by atoms with Gasteiger partial charge in [0.15, 0.2) is 6.61 Å². The van der Waals surface area contributed by atoms with Crippen molar-refractivity contribution in [2.24, 2.45) is 0 Å². The number of esters is 1. The lowest BCUT2D eigenvalue weighted by Crippen LogP contribution is -2.27. The molecule has 0 aliphatic carbocycles. The maximum Gasteiger partial charge on any atom is 0.350 e. The SMILES string of the molecule is Cc1nc(-c2ccccc2)sc1C(=O)OCC(=O)C(C#N)=C1N(C)c2ccccc2N1C. The fourth-order valence-corrected chi connectivity index (χ4v) is 4.58. The van der Waals surface area contributed by atoms with Crippen molar-refractivity contribution in [3.05, 3.63) is 76.6 Å². The second kappa shape index (κ2) is 8.65. The molecule has 8 heteroatoms. The third-order valence-electron chi connectivity index (χ3n) is 5.19. The molecule has 0 saturated heterocycles. The number of fused-ring (bicyclic) bond motifs is 1. The van der Waals surface area contributed by atoms with Crippen molar-refractivity contribution in [2.75, 3.05) is 30.5 Å². The molecule has 3 aromatic rings. The minimum Gasteiger partial charge on any atom is -0.453 e. The van der Waals surface area contributed by atoms with Crippen LogP contribution in [0.4, 0.5) is 11.4 Å². The third-order valence-corrected chi connectivity index (χ3v) is 6.38. The Balaban J connectivity index is 1.51. The van der Waals surface area contributed by atoms with E-state index in [1.807, 2.05) is 60.7 Å². The molecule has 0 bridgehead atoms. The summed E-state index contributed by atoms with van der Waals surface area (Å²) in [7, 11) is 3.58. The first-order chi connectivity index (χ1) is 15.4. The number of rotatable bonds is 5. The summed E-state index contributed by atoms with van der Waals surface area (Å²) < 4.78 is 5.27. The largest absolute Gasteiger partial charge is 0.453 e. The van der Waals surface area contributed by atoms with Gasteiger partial charge in [0.1, 0.15) is 27.3 Å². The fourth-order valence-electron chi connectivity index (χ4n) is 3.62. The molecule has 2 heterocycles. The van der Waals surface area contributed by atoms with Crippen LogP contribution in [-0.2, 0) is 9.53 Å². The number of aryl methyl sites for hydroxylation is 1. The van der Waals surface area contributed by atoms with Gasteiger partial charge < -0.3 is 14.5 Å². The van der Waals surface area contributed by atoms with Crippen molar-refractivity contribution < 1.29 is 14.3 Å². The summed E-state index contributed by atoms with van der Waals surface area (Å²) in [6.07, 6.45) is 0. The molecule has 0 radical (unpaired) electrons. The summed E-state index contributed by atoms with van der Waals surface area (Å²) in [6.45, 7) is 1.20. The first-order valence-electron chi connectivity index (χ1n) is 9.86. The smallest absolute Gasteiger partial charge is 0.350 e.